The van der Waals surface area contributed by atoms with E-state index in [4.69, 9.17) is 0 Å². The SMILES string of the molecule is CC1CCN(c2ccc(C(=O)NC(C)c3ccc(-n4cncn4)cc3)cc2[N+](=O)[O-])CC1. The highest BCUT2D eigenvalue weighted by atomic mass is 16.6. The zero-order valence-electron chi connectivity index (χ0n) is 18.1. The molecule has 9 heteroatoms. The second-order valence-electron chi connectivity index (χ2n) is 8.26. The summed E-state index contributed by atoms with van der Waals surface area (Å²) < 4.78 is 1.65. The van der Waals surface area contributed by atoms with Crippen LogP contribution in [-0.4, -0.2) is 38.7 Å². The Bertz CT molecular complexity index is 1090. The maximum absolute atomic E-state index is 12.8. The van der Waals surface area contributed by atoms with Crippen LogP contribution in [0.25, 0.3) is 5.69 Å². The molecule has 2 heterocycles. The molecule has 1 fully saturated rings. The molecule has 0 spiro atoms. The molecular weight excluding hydrogens is 408 g/mol. The number of anilines is 1. The number of carbonyl (C=O) groups is 1. The molecule has 1 amide bonds. The Balaban J connectivity index is 1.47. The zero-order chi connectivity index (χ0) is 22.7. The first-order chi connectivity index (χ1) is 15.4. The molecule has 0 aliphatic carbocycles. The van der Waals surface area contributed by atoms with Gasteiger partial charge in [0.05, 0.1) is 16.7 Å². The normalized spacial score (nSPS) is 15.4. The number of benzene rings is 2. The molecule has 1 aromatic heterocycles. The summed E-state index contributed by atoms with van der Waals surface area (Å²) in [7, 11) is 0. The van der Waals surface area contributed by atoms with E-state index >= 15 is 0 Å². The van der Waals surface area contributed by atoms with E-state index in [1.807, 2.05) is 36.1 Å². The van der Waals surface area contributed by atoms with Crippen LogP contribution in [0.15, 0.2) is 55.1 Å². The number of nitro groups is 1. The van der Waals surface area contributed by atoms with Gasteiger partial charge in [-0.25, -0.2) is 9.67 Å². The van der Waals surface area contributed by atoms with Gasteiger partial charge in [0.15, 0.2) is 0 Å². The van der Waals surface area contributed by atoms with Crippen molar-refractivity contribution < 1.29 is 9.72 Å². The van der Waals surface area contributed by atoms with Crippen LogP contribution in [-0.2, 0) is 0 Å². The van der Waals surface area contributed by atoms with Crippen molar-refractivity contribution in [2.24, 2.45) is 5.92 Å². The molecule has 0 radical (unpaired) electrons. The molecule has 1 atom stereocenters. The summed E-state index contributed by atoms with van der Waals surface area (Å²) in [6, 6.07) is 12.1. The quantitative estimate of drug-likeness (QED) is 0.466. The van der Waals surface area contributed by atoms with Crippen molar-refractivity contribution in [3.63, 3.8) is 0 Å². The summed E-state index contributed by atoms with van der Waals surface area (Å²) in [5, 5.41) is 18.7. The Kier molecular flexibility index (Phi) is 6.16. The molecule has 3 aromatic rings. The lowest BCUT2D eigenvalue weighted by Gasteiger charge is -2.31. The Labute approximate surface area is 186 Å². The Morgan fingerprint density at radius 2 is 1.91 bits per heavy atom. The third-order valence-corrected chi connectivity index (χ3v) is 5.98. The predicted octanol–water partition coefficient (Wildman–Crippen LogP) is 3.90. The van der Waals surface area contributed by atoms with Crippen molar-refractivity contribution in [1.29, 1.82) is 0 Å². The van der Waals surface area contributed by atoms with E-state index in [1.54, 1.807) is 23.1 Å². The van der Waals surface area contributed by atoms with E-state index in [9.17, 15) is 14.9 Å². The van der Waals surface area contributed by atoms with Gasteiger partial charge in [0.1, 0.15) is 18.3 Å². The van der Waals surface area contributed by atoms with Crippen LogP contribution >= 0.6 is 0 Å². The van der Waals surface area contributed by atoms with Gasteiger partial charge in [-0.05, 0) is 55.5 Å². The van der Waals surface area contributed by atoms with Crippen molar-refractivity contribution >= 4 is 17.3 Å². The van der Waals surface area contributed by atoms with Crippen LogP contribution in [0.4, 0.5) is 11.4 Å². The number of nitrogens with zero attached hydrogens (tertiary/aromatic N) is 5. The van der Waals surface area contributed by atoms with E-state index in [1.165, 1.54) is 12.4 Å². The minimum Gasteiger partial charge on any atom is -0.366 e. The molecule has 9 nitrogen and oxygen atoms in total. The minimum absolute atomic E-state index is 0.0305. The molecule has 2 aromatic carbocycles. The number of hydrogen-bond acceptors (Lipinski definition) is 6. The van der Waals surface area contributed by atoms with Gasteiger partial charge >= 0.3 is 0 Å². The molecule has 166 valence electrons. The van der Waals surface area contributed by atoms with Gasteiger partial charge in [-0.15, -0.1) is 0 Å². The average Bonchev–Trinajstić information content (AvgIpc) is 3.34. The standard InChI is InChI=1S/C23H26N6O3/c1-16-9-11-27(12-10-16)21-8-5-19(13-22(21)29(31)32)23(30)26-17(2)18-3-6-20(7-4-18)28-15-24-14-25-28/h3-8,13-17H,9-12H2,1-2H3,(H,26,30). The second-order valence-corrected chi connectivity index (χ2v) is 8.26. The fourth-order valence-electron chi connectivity index (χ4n) is 3.95. The van der Waals surface area contributed by atoms with Crippen molar-refractivity contribution in [3.05, 3.63) is 76.4 Å². The van der Waals surface area contributed by atoms with Gasteiger partial charge in [-0.2, -0.15) is 5.10 Å². The molecule has 4 rings (SSSR count). The summed E-state index contributed by atoms with van der Waals surface area (Å²) in [6.07, 6.45) is 5.09. The number of rotatable bonds is 6. The topological polar surface area (TPSA) is 106 Å². The molecule has 0 saturated carbocycles. The Hall–Kier alpha value is -3.75. The van der Waals surface area contributed by atoms with E-state index in [-0.39, 0.29) is 23.2 Å². The first kappa shape index (κ1) is 21.5. The molecule has 1 aliphatic rings. The summed E-state index contributed by atoms with van der Waals surface area (Å²) in [4.78, 5) is 30.1. The highest BCUT2D eigenvalue weighted by Gasteiger charge is 2.25. The van der Waals surface area contributed by atoms with Crippen molar-refractivity contribution in [2.45, 2.75) is 32.7 Å². The second kappa shape index (κ2) is 9.17. The predicted molar refractivity (Wildman–Crippen MR) is 121 cm³/mol. The maximum atomic E-state index is 12.8. The van der Waals surface area contributed by atoms with Gasteiger partial charge in [-0.3, -0.25) is 14.9 Å². The largest absolute Gasteiger partial charge is 0.366 e. The Morgan fingerprint density at radius 1 is 1.19 bits per heavy atom. The number of piperidine rings is 1. The third-order valence-electron chi connectivity index (χ3n) is 5.98. The van der Waals surface area contributed by atoms with E-state index in [0.29, 0.717) is 11.6 Å². The lowest BCUT2D eigenvalue weighted by molar-refractivity contribution is -0.384. The number of nitro benzene ring substituents is 1. The van der Waals surface area contributed by atoms with Crippen LogP contribution in [0.2, 0.25) is 0 Å². The zero-order valence-corrected chi connectivity index (χ0v) is 18.1. The number of carbonyl (C=O) groups excluding carboxylic acids is 1. The summed E-state index contributed by atoms with van der Waals surface area (Å²) in [5.41, 5.74) is 2.60. The molecule has 0 bridgehead atoms. The van der Waals surface area contributed by atoms with Gasteiger partial charge in [0.2, 0.25) is 0 Å². The van der Waals surface area contributed by atoms with E-state index in [0.717, 1.165) is 37.2 Å². The summed E-state index contributed by atoms with van der Waals surface area (Å²) in [6.45, 7) is 5.65. The highest BCUT2D eigenvalue weighted by molar-refractivity contribution is 5.96. The lowest BCUT2D eigenvalue weighted by Crippen LogP contribution is -2.33. The van der Waals surface area contributed by atoms with Crippen LogP contribution in [0.5, 0.6) is 0 Å². The van der Waals surface area contributed by atoms with Gasteiger partial charge in [-0.1, -0.05) is 19.1 Å². The van der Waals surface area contributed by atoms with Gasteiger partial charge in [0.25, 0.3) is 11.6 Å². The smallest absolute Gasteiger partial charge is 0.293 e. The number of nitrogens with one attached hydrogen (secondary N) is 1. The van der Waals surface area contributed by atoms with Crippen LogP contribution < -0.4 is 10.2 Å². The maximum Gasteiger partial charge on any atom is 0.293 e. The molecule has 1 saturated heterocycles. The van der Waals surface area contributed by atoms with Gasteiger partial charge in [0, 0.05) is 24.7 Å². The molecule has 1 N–H and O–H groups in total. The summed E-state index contributed by atoms with van der Waals surface area (Å²) in [5.74, 6) is 0.280. The monoisotopic (exact) mass is 434 g/mol. The average molecular weight is 435 g/mol. The van der Waals surface area contributed by atoms with Gasteiger partial charge < -0.3 is 10.2 Å². The van der Waals surface area contributed by atoms with E-state index in [2.05, 4.69) is 22.3 Å². The number of aromatic nitrogens is 3. The first-order valence-corrected chi connectivity index (χ1v) is 10.7. The lowest BCUT2D eigenvalue weighted by atomic mass is 9.98. The third kappa shape index (κ3) is 4.61. The van der Waals surface area contributed by atoms with Crippen LogP contribution in [0.1, 0.15) is 48.7 Å². The molecule has 1 unspecified atom stereocenters. The van der Waals surface area contributed by atoms with E-state index < -0.39 is 4.92 Å². The van der Waals surface area contributed by atoms with Crippen LogP contribution in [0, 0.1) is 16.0 Å². The first-order valence-electron chi connectivity index (χ1n) is 10.7. The fourth-order valence-corrected chi connectivity index (χ4v) is 3.95. The van der Waals surface area contributed by atoms with Crippen LogP contribution in [0.3, 0.4) is 0 Å². The number of hydrogen-bond donors (Lipinski definition) is 1. The summed E-state index contributed by atoms with van der Waals surface area (Å²) >= 11 is 0. The minimum atomic E-state index is -0.406. The fraction of sp³-hybridized carbons (Fsp3) is 0.348. The molecule has 1 aliphatic heterocycles. The molecular formula is C23H26N6O3. The Morgan fingerprint density at radius 3 is 2.53 bits per heavy atom. The van der Waals surface area contributed by atoms with Crippen molar-refractivity contribution in [2.75, 3.05) is 18.0 Å². The number of amides is 1. The molecule has 32 heavy (non-hydrogen) atoms. The highest BCUT2D eigenvalue weighted by Crippen LogP contribution is 2.32. The van der Waals surface area contributed by atoms with Crippen molar-refractivity contribution in [3.8, 4) is 5.69 Å². The van der Waals surface area contributed by atoms with Crippen molar-refractivity contribution in [1.82, 2.24) is 20.1 Å².